The van der Waals surface area contributed by atoms with Gasteiger partial charge in [-0.1, -0.05) is 25.0 Å². The molecule has 202 valence electrons. The van der Waals surface area contributed by atoms with Gasteiger partial charge in [0.15, 0.2) is 0 Å². The second kappa shape index (κ2) is 14.3. The number of amides is 3. The van der Waals surface area contributed by atoms with Crippen LogP contribution in [0.15, 0.2) is 24.3 Å². The van der Waals surface area contributed by atoms with Crippen molar-refractivity contribution in [3.05, 3.63) is 35.6 Å². The third-order valence-electron chi connectivity index (χ3n) is 7.23. The van der Waals surface area contributed by atoms with Crippen molar-refractivity contribution in [3.63, 3.8) is 0 Å². The van der Waals surface area contributed by atoms with Crippen molar-refractivity contribution in [1.82, 2.24) is 20.9 Å². The molecule has 1 saturated carbocycles. The molecule has 4 atom stereocenters. The molecule has 1 aromatic carbocycles. The van der Waals surface area contributed by atoms with Crippen LogP contribution in [0.5, 0.6) is 0 Å². The highest BCUT2D eigenvalue weighted by Crippen LogP contribution is 2.33. The lowest BCUT2D eigenvalue weighted by molar-refractivity contribution is -0.00936. The summed E-state index contributed by atoms with van der Waals surface area (Å²) in [5.41, 5.74) is 0.699. The minimum atomic E-state index is -0.588. The first kappa shape index (κ1) is 28.1. The molecule has 3 rings (SSSR count). The minimum Gasteiger partial charge on any atom is -0.453 e. The number of nitrogens with zero attached hydrogens (tertiary/aromatic N) is 1. The summed E-state index contributed by atoms with van der Waals surface area (Å²) < 4.78 is 24.7. The number of hydrogen-bond donors (Lipinski definition) is 4. The zero-order valence-corrected chi connectivity index (χ0v) is 21.4. The lowest BCUT2D eigenvalue weighted by atomic mass is 9.88. The summed E-state index contributed by atoms with van der Waals surface area (Å²) in [4.78, 5) is 26.4. The largest absolute Gasteiger partial charge is 0.453 e. The van der Waals surface area contributed by atoms with E-state index in [0.29, 0.717) is 25.2 Å². The maximum absolute atomic E-state index is 14.0. The topological polar surface area (TPSA) is 112 Å². The van der Waals surface area contributed by atoms with Gasteiger partial charge in [0.05, 0.1) is 32.0 Å². The summed E-state index contributed by atoms with van der Waals surface area (Å²) in [5.74, 6) is -0.191. The Morgan fingerprint density at radius 3 is 2.64 bits per heavy atom. The van der Waals surface area contributed by atoms with Crippen LogP contribution < -0.4 is 16.0 Å². The number of likely N-dealkylation sites (N-methyl/N-ethyl adjacent to an activating group) is 1. The normalized spacial score (nSPS) is 21.0. The molecular weight excluding hydrogens is 467 g/mol. The van der Waals surface area contributed by atoms with Gasteiger partial charge < -0.3 is 35.4 Å². The van der Waals surface area contributed by atoms with Crippen LogP contribution in [0.2, 0.25) is 0 Å². The smallest absolute Gasteiger partial charge is 0.406 e. The van der Waals surface area contributed by atoms with Crippen molar-refractivity contribution in [3.8, 4) is 0 Å². The van der Waals surface area contributed by atoms with Gasteiger partial charge in [-0.05, 0) is 56.3 Å². The van der Waals surface area contributed by atoms with Crippen LogP contribution in [0.4, 0.5) is 14.0 Å². The van der Waals surface area contributed by atoms with Crippen LogP contribution in [0, 0.1) is 17.7 Å². The minimum absolute atomic E-state index is 0.0491. The Balaban J connectivity index is 1.65. The second-order valence-corrected chi connectivity index (χ2v) is 9.76. The molecule has 36 heavy (non-hydrogen) atoms. The van der Waals surface area contributed by atoms with Crippen LogP contribution in [0.1, 0.15) is 50.2 Å². The molecule has 3 amide bonds. The average Bonchev–Trinajstić information content (AvgIpc) is 3.43. The summed E-state index contributed by atoms with van der Waals surface area (Å²) in [6, 6.07) is 5.73. The van der Waals surface area contributed by atoms with E-state index >= 15 is 0 Å². The highest BCUT2D eigenvalue weighted by molar-refractivity contribution is 5.74. The van der Waals surface area contributed by atoms with Crippen LogP contribution in [0.25, 0.3) is 0 Å². The third kappa shape index (κ3) is 8.04. The van der Waals surface area contributed by atoms with E-state index in [9.17, 15) is 19.1 Å². The summed E-state index contributed by atoms with van der Waals surface area (Å²) in [7, 11) is 3.11. The highest BCUT2D eigenvalue weighted by atomic mass is 19.1. The van der Waals surface area contributed by atoms with Crippen LogP contribution >= 0.6 is 0 Å². The van der Waals surface area contributed by atoms with Crippen molar-refractivity contribution < 1.29 is 28.6 Å². The Labute approximate surface area is 213 Å². The molecule has 1 aliphatic carbocycles. The first-order chi connectivity index (χ1) is 17.4. The number of hydrogen-bond acceptors (Lipinski definition) is 6. The Bertz CT molecular complexity index is 838. The maximum Gasteiger partial charge on any atom is 0.406 e. The quantitative estimate of drug-likeness (QED) is 0.342. The van der Waals surface area contributed by atoms with E-state index in [1.54, 1.807) is 11.0 Å². The molecule has 0 spiro atoms. The fourth-order valence-electron chi connectivity index (χ4n) is 5.40. The van der Waals surface area contributed by atoms with E-state index in [0.717, 1.165) is 38.5 Å². The maximum atomic E-state index is 14.0. The van der Waals surface area contributed by atoms with Gasteiger partial charge >= 0.3 is 12.1 Å². The number of urea groups is 1. The van der Waals surface area contributed by atoms with E-state index in [-0.39, 0.29) is 42.9 Å². The second-order valence-electron chi connectivity index (χ2n) is 9.76. The van der Waals surface area contributed by atoms with Gasteiger partial charge in [-0.15, -0.1) is 0 Å². The lowest BCUT2D eigenvalue weighted by Crippen LogP contribution is -2.56. The first-order valence-electron chi connectivity index (χ1n) is 13.0. The zero-order chi connectivity index (χ0) is 25.9. The molecule has 1 unspecified atom stereocenters. The van der Waals surface area contributed by atoms with Crippen LogP contribution in [-0.2, 0) is 9.47 Å². The number of methoxy groups -OCH3 is 1. The number of rotatable bonds is 11. The van der Waals surface area contributed by atoms with E-state index in [1.165, 1.54) is 19.2 Å². The van der Waals surface area contributed by atoms with Gasteiger partial charge in [-0.25, -0.2) is 14.0 Å². The molecule has 0 aromatic heterocycles. The van der Waals surface area contributed by atoms with E-state index in [4.69, 9.17) is 4.74 Å². The first-order valence-corrected chi connectivity index (χ1v) is 13.0. The number of carbonyl (C=O) groups excluding carboxylic acids is 2. The van der Waals surface area contributed by atoms with Crippen molar-refractivity contribution >= 4 is 12.1 Å². The molecule has 1 heterocycles. The molecule has 10 heteroatoms. The summed E-state index contributed by atoms with van der Waals surface area (Å²) in [6.07, 6.45) is 4.25. The number of halogens is 1. The van der Waals surface area contributed by atoms with Gasteiger partial charge in [0.25, 0.3) is 0 Å². The van der Waals surface area contributed by atoms with Crippen LogP contribution in [-0.4, -0.2) is 81.2 Å². The molecule has 4 N–H and O–H groups in total. The predicted molar refractivity (Wildman–Crippen MR) is 134 cm³/mol. The molecule has 1 aromatic rings. The Morgan fingerprint density at radius 1 is 1.19 bits per heavy atom. The third-order valence-corrected chi connectivity index (χ3v) is 7.23. The predicted octanol–water partition coefficient (Wildman–Crippen LogP) is 2.80. The summed E-state index contributed by atoms with van der Waals surface area (Å²) in [6.45, 7) is 2.01. The molecular formula is C26H41FN4O5. The number of nitrogens with one attached hydrogen (secondary N) is 3. The standard InChI is InChI=1S/C26H41FN4O5/c1-28-16-22(23(32)18-7-3-4-8-18)30-25(33)31-13-6-10-20(17-31)24(19-9-5-11-21(27)15-19)36-14-12-29-26(34)35-2/h5,9,11,15,18,20,22-24,28,32H,3-4,6-8,10,12-14,16-17H2,1-2H3,(H,29,34)(H,30,33)/t20-,22-,23-,24?/m1/s1. The number of benzene rings is 1. The van der Waals surface area contributed by atoms with Gasteiger partial charge in [0.1, 0.15) is 5.82 Å². The number of alkyl carbamates (subject to hydrolysis) is 1. The molecule has 1 aliphatic heterocycles. The van der Waals surface area contributed by atoms with Crippen molar-refractivity contribution in [1.29, 1.82) is 0 Å². The summed E-state index contributed by atoms with van der Waals surface area (Å²) in [5, 5.41) is 19.6. The average molecular weight is 509 g/mol. The molecule has 2 fully saturated rings. The van der Waals surface area contributed by atoms with Gasteiger partial charge in [-0.2, -0.15) is 0 Å². The van der Waals surface area contributed by atoms with E-state index in [2.05, 4.69) is 20.7 Å². The lowest BCUT2D eigenvalue weighted by Gasteiger charge is -2.38. The Kier molecular flexibility index (Phi) is 11.2. The van der Waals surface area contributed by atoms with Gasteiger partial charge in [0, 0.05) is 32.1 Å². The monoisotopic (exact) mass is 508 g/mol. The number of aliphatic hydroxyl groups excluding tert-OH is 1. The fraction of sp³-hybridized carbons (Fsp3) is 0.692. The Hall–Kier alpha value is -2.43. The highest BCUT2D eigenvalue weighted by Gasteiger charge is 2.34. The number of carbonyl (C=O) groups is 2. The number of likely N-dealkylation sites (tertiary alicyclic amines) is 1. The van der Waals surface area contributed by atoms with Gasteiger partial charge in [0.2, 0.25) is 0 Å². The molecule has 0 radical (unpaired) electrons. The molecule has 9 nitrogen and oxygen atoms in total. The van der Waals surface area contributed by atoms with E-state index < -0.39 is 18.3 Å². The van der Waals surface area contributed by atoms with Crippen LogP contribution in [0.3, 0.4) is 0 Å². The van der Waals surface area contributed by atoms with Gasteiger partial charge in [-0.3, -0.25) is 0 Å². The Morgan fingerprint density at radius 2 is 1.94 bits per heavy atom. The van der Waals surface area contributed by atoms with Crippen molar-refractivity contribution in [2.75, 3.05) is 46.9 Å². The van der Waals surface area contributed by atoms with Crippen molar-refractivity contribution in [2.24, 2.45) is 11.8 Å². The molecule has 0 bridgehead atoms. The zero-order valence-electron chi connectivity index (χ0n) is 21.4. The number of ether oxygens (including phenoxy) is 2. The molecule has 2 aliphatic rings. The summed E-state index contributed by atoms with van der Waals surface area (Å²) >= 11 is 0. The molecule has 1 saturated heterocycles. The fourth-order valence-corrected chi connectivity index (χ4v) is 5.40. The van der Waals surface area contributed by atoms with E-state index in [1.807, 2.05) is 13.1 Å². The SMILES string of the molecule is CNC[C@@H](NC(=O)N1CCC[C@@H](C(OCCNC(=O)OC)c2cccc(F)c2)C1)[C@H](O)C1CCCC1. The number of piperidine rings is 1. The van der Waals surface area contributed by atoms with Crippen molar-refractivity contribution in [2.45, 2.75) is 56.8 Å². The number of aliphatic hydroxyl groups is 1.